The van der Waals surface area contributed by atoms with E-state index in [1.54, 1.807) is 0 Å². The van der Waals surface area contributed by atoms with Gasteiger partial charge in [-0.25, -0.2) is 12.8 Å². The van der Waals surface area contributed by atoms with Gasteiger partial charge in [-0.15, -0.1) is 0 Å². The highest BCUT2D eigenvalue weighted by molar-refractivity contribution is 7.92. The van der Waals surface area contributed by atoms with Crippen molar-refractivity contribution in [3.63, 3.8) is 0 Å². The summed E-state index contributed by atoms with van der Waals surface area (Å²) in [7, 11) is -3.96. The fourth-order valence-corrected chi connectivity index (χ4v) is 3.57. The van der Waals surface area contributed by atoms with Crippen molar-refractivity contribution in [2.45, 2.75) is 18.7 Å². The van der Waals surface area contributed by atoms with Crippen LogP contribution in [0, 0.1) is 25.1 Å². The van der Waals surface area contributed by atoms with E-state index in [0.717, 1.165) is 12.1 Å². The van der Waals surface area contributed by atoms with Crippen molar-refractivity contribution < 1.29 is 12.8 Å². The van der Waals surface area contributed by atoms with Crippen LogP contribution in [0.2, 0.25) is 0 Å². The third-order valence-electron chi connectivity index (χ3n) is 2.86. The summed E-state index contributed by atoms with van der Waals surface area (Å²) in [6, 6.07) is 2.28. The van der Waals surface area contributed by atoms with Crippen molar-refractivity contribution in [2.24, 2.45) is 5.73 Å². The summed E-state index contributed by atoms with van der Waals surface area (Å²) in [5.74, 6) is -0.838. The number of aryl methyl sites for hydroxylation is 2. The minimum Gasteiger partial charge on any atom is -0.384 e. The molecule has 0 unspecified atom stereocenters. The molecule has 0 aliphatic rings. The first-order chi connectivity index (χ1) is 9.72. The van der Waals surface area contributed by atoms with E-state index < -0.39 is 15.8 Å². The van der Waals surface area contributed by atoms with Crippen LogP contribution >= 0.6 is 0 Å². The Balaban J connectivity index is 2.49. The molecule has 1 heterocycles. The maximum atomic E-state index is 13.3. The molecule has 0 bridgehead atoms. The average molecular weight is 311 g/mol. The molecule has 1 aromatic carbocycles. The highest BCUT2D eigenvalue weighted by Gasteiger charge is 2.23. The lowest BCUT2D eigenvalue weighted by atomic mass is 10.1. The van der Waals surface area contributed by atoms with Crippen LogP contribution in [0.1, 0.15) is 16.7 Å². The van der Waals surface area contributed by atoms with Crippen LogP contribution in [-0.4, -0.2) is 24.5 Å². The third-order valence-corrected chi connectivity index (χ3v) is 4.51. The summed E-state index contributed by atoms with van der Waals surface area (Å²) in [5.41, 5.74) is 6.03. The van der Waals surface area contributed by atoms with E-state index in [1.165, 1.54) is 20.0 Å². The van der Waals surface area contributed by atoms with Crippen molar-refractivity contribution in [1.29, 1.82) is 5.41 Å². The molecule has 2 aromatic rings. The molecule has 9 heteroatoms. The molecule has 21 heavy (non-hydrogen) atoms. The smallest absolute Gasteiger partial charge is 0.263 e. The lowest BCUT2D eigenvalue weighted by molar-refractivity contribution is 0.597. The summed E-state index contributed by atoms with van der Waals surface area (Å²) in [6.45, 7) is 3.01. The molecule has 0 aliphatic carbocycles. The molecule has 0 radical (unpaired) electrons. The Bertz CT molecular complexity index is 790. The molecule has 0 saturated heterocycles. The predicted octanol–water partition coefficient (Wildman–Crippen LogP) is 1.25. The van der Waals surface area contributed by atoms with Crippen LogP contribution in [0.25, 0.3) is 0 Å². The van der Waals surface area contributed by atoms with Gasteiger partial charge in [0.05, 0.1) is 16.7 Å². The number of aromatic amines is 1. The van der Waals surface area contributed by atoms with Gasteiger partial charge in [-0.2, -0.15) is 5.10 Å². The minimum absolute atomic E-state index is 0.00868. The van der Waals surface area contributed by atoms with Gasteiger partial charge >= 0.3 is 0 Å². The molecule has 0 saturated carbocycles. The number of nitrogens with zero attached hydrogens (tertiary/aromatic N) is 1. The Morgan fingerprint density at radius 1 is 1.38 bits per heavy atom. The van der Waals surface area contributed by atoms with Crippen molar-refractivity contribution in [1.82, 2.24) is 10.2 Å². The molecule has 5 N–H and O–H groups in total. The second-order valence-electron chi connectivity index (χ2n) is 4.55. The number of amidine groups is 1. The zero-order chi connectivity index (χ0) is 15.8. The number of rotatable bonds is 4. The molecular formula is C12H14FN5O2S. The standard InChI is InChI=1S/C12H14FN5O2S/c1-6-3-8(13)4-7(2)10(6)21(19,20)18-12-9(11(14)15)5-16-17-12/h3-5H,1-2H3,(H3,14,15)(H2,16,17,18). The van der Waals surface area contributed by atoms with Gasteiger partial charge in [0.25, 0.3) is 10.0 Å². The number of H-pyrrole nitrogens is 1. The van der Waals surface area contributed by atoms with Crippen molar-refractivity contribution in [3.8, 4) is 0 Å². The monoisotopic (exact) mass is 311 g/mol. The van der Waals surface area contributed by atoms with Gasteiger partial charge in [-0.05, 0) is 37.1 Å². The number of nitrogens with two attached hydrogens (primary N) is 1. The average Bonchev–Trinajstić information content (AvgIpc) is 2.73. The lowest BCUT2D eigenvalue weighted by Gasteiger charge is -2.12. The first kappa shape index (κ1) is 15.0. The number of nitrogen functional groups attached to an aromatic ring is 1. The molecule has 7 nitrogen and oxygen atoms in total. The highest BCUT2D eigenvalue weighted by atomic mass is 32.2. The molecule has 0 atom stereocenters. The maximum Gasteiger partial charge on any atom is 0.263 e. The Labute approximate surface area is 120 Å². The second kappa shape index (κ2) is 5.17. The first-order valence-electron chi connectivity index (χ1n) is 5.89. The van der Waals surface area contributed by atoms with E-state index in [1.807, 2.05) is 0 Å². The number of sulfonamides is 1. The van der Waals surface area contributed by atoms with Crippen molar-refractivity contribution >= 4 is 21.7 Å². The summed E-state index contributed by atoms with van der Waals surface area (Å²) in [4.78, 5) is -0.0204. The van der Waals surface area contributed by atoms with Gasteiger partial charge in [0, 0.05) is 0 Å². The number of nitrogens with one attached hydrogen (secondary N) is 3. The topological polar surface area (TPSA) is 125 Å². The van der Waals surface area contributed by atoms with Crippen molar-refractivity contribution in [2.75, 3.05) is 4.72 Å². The summed E-state index contributed by atoms with van der Waals surface area (Å²) < 4.78 is 40.4. The van der Waals surface area contributed by atoms with E-state index in [-0.39, 0.29) is 33.2 Å². The van der Waals surface area contributed by atoms with Gasteiger partial charge in [0.2, 0.25) is 0 Å². The molecule has 2 rings (SSSR count). The third kappa shape index (κ3) is 2.87. The molecular weight excluding hydrogens is 297 g/mol. The Morgan fingerprint density at radius 2 is 1.95 bits per heavy atom. The Kier molecular flexibility index (Phi) is 3.69. The van der Waals surface area contributed by atoms with Gasteiger partial charge < -0.3 is 5.73 Å². The summed E-state index contributed by atoms with van der Waals surface area (Å²) >= 11 is 0. The number of hydrogen-bond acceptors (Lipinski definition) is 4. The van der Waals surface area contributed by atoms with E-state index in [4.69, 9.17) is 11.1 Å². The zero-order valence-electron chi connectivity index (χ0n) is 11.4. The number of benzene rings is 1. The summed E-state index contributed by atoms with van der Waals surface area (Å²) in [5, 5.41) is 13.4. The second-order valence-corrected chi connectivity index (χ2v) is 6.17. The van der Waals surface area contributed by atoms with Gasteiger partial charge in [0.15, 0.2) is 0 Å². The Hall–Kier alpha value is -2.42. The molecule has 1 aromatic heterocycles. The van der Waals surface area contributed by atoms with Crippen LogP contribution in [-0.2, 0) is 10.0 Å². The number of anilines is 1. The normalized spacial score (nSPS) is 11.4. The largest absolute Gasteiger partial charge is 0.384 e. The number of aromatic nitrogens is 2. The van der Waals surface area contributed by atoms with Crippen LogP contribution in [0.4, 0.5) is 10.2 Å². The highest BCUT2D eigenvalue weighted by Crippen LogP contribution is 2.24. The van der Waals surface area contributed by atoms with Crippen LogP contribution in [0.5, 0.6) is 0 Å². The molecule has 0 spiro atoms. The fourth-order valence-electron chi connectivity index (χ4n) is 2.07. The zero-order valence-corrected chi connectivity index (χ0v) is 12.2. The Morgan fingerprint density at radius 3 is 2.48 bits per heavy atom. The van der Waals surface area contributed by atoms with Gasteiger partial charge in [-0.3, -0.25) is 15.2 Å². The number of halogens is 1. The van der Waals surface area contributed by atoms with Crippen LogP contribution < -0.4 is 10.5 Å². The lowest BCUT2D eigenvalue weighted by Crippen LogP contribution is -2.19. The van der Waals surface area contributed by atoms with Gasteiger partial charge in [0.1, 0.15) is 17.5 Å². The molecule has 0 amide bonds. The predicted molar refractivity (Wildman–Crippen MR) is 76.3 cm³/mol. The minimum atomic E-state index is -3.96. The number of hydrogen-bond donors (Lipinski definition) is 4. The molecule has 112 valence electrons. The van der Waals surface area contributed by atoms with Crippen molar-refractivity contribution in [3.05, 3.63) is 40.8 Å². The molecule has 0 aliphatic heterocycles. The van der Waals surface area contributed by atoms with E-state index in [2.05, 4.69) is 14.9 Å². The van der Waals surface area contributed by atoms with Gasteiger partial charge in [-0.1, -0.05) is 0 Å². The van der Waals surface area contributed by atoms with E-state index in [9.17, 15) is 12.8 Å². The SMILES string of the molecule is Cc1cc(F)cc(C)c1S(=O)(=O)Nc1[nH]ncc1C(=N)N. The van der Waals surface area contributed by atoms with Crippen LogP contribution in [0.15, 0.2) is 23.2 Å². The van der Waals surface area contributed by atoms with Crippen LogP contribution in [0.3, 0.4) is 0 Å². The first-order valence-corrected chi connectivity index (χ1v) is 7.38. The fraction of sp³-hybridized carbons (Fsp3) is 0.167. The van der Waals surface area contributed by atoms with E-state index >= 15 is 0 Å². The quantitative estimate of drug-likeness (QED) is 0.501. The summed E-state index contributed by atoms with van der Waals surface area (Å²) in [6.07, 6.45) is 1.24. The molecule has 0 fully saturated rings. The van der Waals surface area contributed by atoms with E-state index in [0.29, 0.717) is 0 Å². The maximum absolute atomic E-state index is 13.3.